The van der Waals surface area contributed by atoms with Crippen molar-refractivity contribution in [3.63, 3.8) is 0 Å². The van der Waals surface area contributed by atoms with Gasteiger partial charge < -0.3 is 4.42 Å². The second-order valence-corrected chi connectivity index (χ2v) is 12.6. The first kappa shape index (κ1) is 34.1. The van der Waals surface area contributed by atoms with Crippen LogP contribution in [0.25, 0.3) is 76.5 Å². The van der Waals surface area contributed by atoms with Crippen LogP contribution in [0.2, 0.25) is 0 Å². The smallest absolute Gasteiger partial charge is 0.127 e. The Morgan fingerprint density at radius 1 is 0.255 bits per heavy atom. The van der Waals surface area contributed by atoms with Gasteiger partial charge in [0.25, 0.3) is 0 Å². The number of benzene rings is 7. The van der Waals surface area contributed by atoms with Crippen LogP contribution < -0.4 is 76.5 Å². The maximum atomic E-state index is 7.09. The van der Waals surface area contributed by atoms with E-state index in [0.29, 0.717) is 43.8 Å². The van der Waals surface area contributed by atoms with Gasteiger partial charge in [-0.2, -0.15) is 0 Å². The molecule has 51 heavy (non-hydrogen) atoms. The van der Waals surface area contributed by atoms with E-state index in [0.717, 1.165) is 21.5 Å². The number of hydrogen-bond acceptors (Lipinski definition) is 1. The Labute approximate surface area is 314 Å². The fourth-order valence-electron chi connectivity index (χ4n) is 7.53. The zero-order chi connectivity index (χ0) is 36.5. The van der Waals surface area contributed by atoms with Crippen molar-refractivity contribution in [2.75, 3.05) is 0 Å². The van der Waals surface area contributed by atoms with Crippen LogP contribution in [0.3, 0.4) is 0 Å². The van der Waals surface area contributed by atoms with E-state index >= 15 is 0 Å². The molecule has 0 amide bonds. The molecule has 0 saturated carbocycles. The van der Waals surface area contributed by atoms with Gasteiger partial charge in [0, 0.05) is 10.8 Å². The standard InChI is InChI=1S/C36H8B14O/c37-21-15(23(39)24(40)18-17(21)25(41)29(45)30(46)26(18)42)13-9-5-1-3-7-11(9)14(12-8-4-2-6-10(12)13)16-22(38)19-20-28(44)31(47)32(48)34(50)36(20)51-35(19)33(49)27(16)43/h1-8H. The molecule has 0 aliphatic heterocycles. The molecule has 0 aliphatic rings. The van der Waals surface area contributed by atoms with Gasteiger partial charge in [-0.1, -0.05) is 103 Å². The molecule has 0 bridgehead atoms. The van der Waals surface area contributed by atoms with Crippen molar-refractivity contribution in [2.24, 2.45) is 0 Å². The lowest BCUT2D eigenvalue weighted by atomic mass is 9.58. The lowest BCUT2D eigenvalue weighted by molar-refractivity contribution is 0.675. The Hall–Kier alpha value is -3.97. The Balaban J connectivity index is 1.58. The van der Waals surface area contributed by atoms with Gasteiger partial charge in [0.15, 0.2) is 0 Å². The summed E-state index contributed by atoms with van der Waals surface area (Å²) in [5, 5.41) is 4.34. The molecule has 200 valence electrons. The van der Waals surface area contributed by atoms with Gasteiger partial charge in [0.2, 0.25) is 0 Å². The second-order valence-electron chi connectivity index (χ2n) is 12.6. The molecule has 1 aromatic heterocycles. The molecule has 0 aliphatic carbocycles. The molecule has 8 aromatic rings. The summed E-state index contributed by atoms with van der Waals surface area (Å²) in [6, 6.07) is 15.3. The average molecular weight is 608 g/mol. The second kappa shape index (κ2) is 11.8. The van der Waals surface area contributed by atoms with E-state index in [1.54, 1.807) is 0 Å². The van der Waals surface area contributed by atoms with Crippen LogP contribution in [0.15, 0.2) is 52.9 Å². The predicted octanol–water partition coefficient (Wildman–Crippen LogP) is -6.51. The van der Waals surface area contributed by atoms with Gasteiger partial charge in [-0.25, -0.2) is 0 Å². The van der Waals surface area contributed by atoms with E-state index in [1.807, 2.05) is 48.5 Å². The van der Waals surface area contributed by atoms with Gasteiger partial charge in [0.1, 0.15) is 121 Å². The van der Waals surface area contributed by atoms with Crippen LogP contribution in [0.4, 0.5) is 0 Å². The molecule has 0 N–H and O–H groups in total. The average Bonchev–Trinajstić information content (AvgIpc) is 3.54. The van der Waals surface area contributed by atoms with Crippen LogP contribution in [-0.4, -0.2) is 110 Å². The molecule has 0 fully saturated rings. The van der Waals surface area contributed by atoms with Crippen molar-refractivity contribution >= 4 is 241 Å². The summed E-state index contributed by atoms with van der Waals surface area (Å²) < 4.78 is 6.14. The number of furan rings is 1. The zero-order valence-corrected chi connectivity index (χ0v) is 27.1. The van der Waals surface area contributed by atoms with Gasteiger partial charge in [-0.3, -0.25) is 0 Å². The Kier molecular flexibility index (Phi) is 7.88. The topological polar surface area (TPSA) is 13.1 Å². The van der Waals surface area contributed by atoms with Crippen LogP contribution in [-0.2, 0) is 0 Å². The van der Waals surface area contributed by atoms with Crippen LogP contribution in [0.1, 0.15) is 0 Å². The summed E-state index contributed by atoms with van der Waals surface area (Å²) in [5.41, 5.74) is 4.53. The maximum absolute atomic E-state index is 7.09. The summed E-state index contributed by atoms with van der Waals surface area (Å²) in [5.74, 6) is 0. The molecule has 0 atom stereocenters. The van der Waals surface area contributed by atoms with E-state index in [1.165, 1.54) is 0 Å². The van der Waals surface area contributed by atoms with Gasteiger partial charge in [-0.15, -0.1) is 21.9 Å². The number of hydrogen-bond donors (Lipinski definition) is 0. The molecule has 0 saturated heterocycles. The maximum Gasteiger partial charge on any atom is 0.127 e. The fraction of sp³-hybridized carbons (Fsp3) is 0. The highest BCUT2D eigenvalue weighted by Gasteiger charge is 2.26. The summed E-state index contributed by atoms with van der Waals surface area (Å²) in [6.45, 7) is 0. The third-order valence-corrected chi connectivity index (χ3v) is 10.1. The van der Waals surface area contributed by atoms with Crippen LogP contribution in [0, 0.1) is 0 Å². The Bertz CT molecular complexity index is 2850. The molecule has 7 aromatic carbocycles. The highest BCUT2D eigenvalue weighted by molar-refractivity contribution is 6.73. The van der Waals surface area contributed by atoms with E-state index in [2.05, 4.69) is 0 Å². The summed E-state index contributed by atoms with van der Waals surface area (Å²) in [4.78, 5) is 0. The van der Waals surface area contributed by atoms with E-state index in [-0.39, 0.29) is 87.6 Å². The van der Waals surface area contributed by atoms with Gasteiger partial charge in [-0.05, 0) is 54.6 Å². The van der Waals surface area contributed by atoms with E-state index in [4.69, 9.17) is 114 Å². The molecule has 1 nitrogen and oxygen atoms in total. The van der Waals surface area contributed by atoms with Crippen molar-refractivity contribution in [3.8, 4) is 22.3 Å². The number of rotatable bonds is 2. The van der Waals surface area contributed by atoms with Crippen molar-refractivity contribution in [1.29, 1.82) is 0 Å². The molecule has 0 spiro atoms. The van der Waals surface area contributed by atoms with Crippen molar-refractivity contribution < 1.29 is 4.42 Å². The predicted molar refractivity (Wildman–Crippen MR) is 233 cm³/mol. The largest absolute Gasteiger partial charge is 0.457 e. The lowest BCUT2D eigenvalue weighted by Gasteiger charge is -2.27. The number of fused-ring (bicyclic) bond motifs is 6. The van der Waals surface area contributed by atoms with Crippen molar-refractivity contribution in [1.82, 2.24) is 0 Å². The highest BCUT2D eigenvalue weighted by Crippen LogP contribution is 2.42. The fourth-order valence-corrected chi connectivity index (χ4v) is 7.53. The first-order chi connectivity index (χ1) is 24.2. The highest BCUT2D eigenvalue weighted by atomic mass is 16.3. The third kappa shape index (κ3) is 4.42. The summed E-state index contributed by atoms with van der Waals surface area (Å²) >= 11 is 0. The van der Waals surface area contributed by atoms with Gasteiger partial charge in [0.05, 0.1) is 0 Å². The molecular formula is C36H8B14O. The normalized spacial score (nSPS) is 11.8. The minimum absolute atomic E-state index is 0.0837. The molecule has 28 radical (unpaired) electrons. The molecule has 1 heterocycles. The Morgan fingerprint density at radius 3 is 0.961 bits per heavy atom. The Morgan fingerprint density at radius 2 is 0.529 bits per heavy atom. The van der Waals surface area contributed by atoms with Crippen LogP contribution in [0.5, 0.6) is 0 Å². The van der Waals surface area contributed by atoms with Crippen molar-refractivity contribution in [3.05, 3.63) is 48.5 Å². The first-order valence-corrected chi connectivity index (χ1v) is 15.6. The SMILES string of the molecule is [B]c1c([B])c([B])c2c(oc3c([B])c([B])c(-c4c5ccccc5c(-c5c([B])c([B])c6c([B])c([B])c([B])c([B])c6c5[B])c5ccccc45)c([B])c32)c1[B]. The van der Waals surface area contributed by atoms with E-state index in [9.17, 15) is 0 Å². The molecule has 8 rings (SSSR count). The van der Waals surface area contributed by atoms with Gasteiger partial charge >= 0.3 is 0 Å². The van der Waals surface area contributed by atoms with Crippen molar-refractivity contribution in [2.45, 2.75) is 0 Å². The minimum Gasteiger partial charge on any atom is -0.457 e. The third-order valence-electron chi connectivity index (χ3n) is 10.1. The quantitative estimate of drug-likeness (QED) is 0.141. The monoisotopic (exact) mass is 610 g/mol. The summed E-state index contributed by atoms with van der Waals surface area (Å²) in [6.07, 6.45) is 0. The first-order valence-electron chi connectivity index (χ1n) is 15.6. The zero-order valence-electron chi connectivity index (χ0n) is 27.1. The molecule has 0 unspecified atom stereocenters. The van der Waals surface area contributed by atoms with E-state index < -0.39 is 0 Å². The molecular weight excluding hydrogens is 600 g/mol. The minimum atomic E-state index is 0.0837. The molecule has 15 heteroatoms. The summed E-state index contributed by atoms with van der Waals surface area (Å²) in [7, 11) is 91.9. The lowest BCUT2D eigenvalue weighted by Crippen LogP contribution is -2.52. The van der Waals surface area contributed by atoms with Crippen LogP contribution >= 0.6 is 0 Å².